The van der Waals surface area contributed by atoms with E-state index >= 15 is 0 Å². The van der Waals surface area contributed by atoms with E-state index in [9.17, 15) is 4.79 Å². The maximum atomic E-state index is 12.4. The van der Waals surface area contributed by atoms with E-state index < -0.39 is 6.04 Å². The van der Waals surface area contributed by atoms with Crippen molar-refractivity contribution in [1.82, 2.24) is 4.90 Å². The van der Waals surface area contributed by atoms with Crippen molar-refractivity contribution >= 4 is 28.8 Å². The largest absolute Gasteiger partial charge is 0.337 e. The molecule has 0 aliphatic heterocycles. The highest BCUT2D eigenvalue weighted by molar-refractivity contribution is 7.10. The van der Waals surface area contributed by atoms with Gasteiger partial charge in [0.2, 0.25) is 5.91 Å². The lowest BCUT2D eigenvalue weighted by Crippen LogP contribution is -2.37. The minimum absolute atomic E-state index is 0.0502. The molecule has 2 N–H and O–H groups in total. The summed E-state index contributed by atoms with van der Waals surface area (Å²) in [6, 6.07) is 10.6. The smallest absolute Gasteiger partial charge is 0.245 e. The van der Waals surface area contributed by atoms with Crippen molar-refractivity contribution in [3.63, 3.8) is 0 Å². The van der Waals surface area contributed by atoms with E-state index in [-0.39, 0.29) is 11.9 Å². The van der Waals surface area contributed by atoms with Gasteiger partial charge in [0.1, 0.15) is 6.04 Å². The summed E-state index contributed by atoms with van der Waals surface area (Å²) in [6.07, 6.45) is 0. The molecule has 2 unspecified atom stereocenters. The molecule has 0 aliphatic rings. The van der Waals surface area contributed by atoms with Gasteiger partial charge in [0.15, 0.2) is 0 Å². The Morgan fingerprint density at radius 2 is 1.95 bits per heavy atom. The number of rotatable bonds is 4. The lowest BCUT2D eigenvalue weighted by atomic mass is 10.1. The number of hydrogen-bond donors (Lipinski definition) is 1. The first-order valence-electron chi connectivity index (χ1n) is 6.32. The average molecular weight is 309 g/mol. The van der Waals surface area contributed by atoms with E-state index in [2.05, 4.69) is 0 Å². The van der Waals surface area contributed by atoms with Crippen LogP contribution >= 0.6 is 22.9 Å². The van der Waals surface area contributed by atoms with E-state index in [0.717, 1.165) is 10.4 Å². The lowest BCUT2D eigenvalue weighted by molar-refractivity contribution is -0.133. The Morgan fingerprint density at radius 1 is 1.30 bits per heavy atom. The van der Waals surface area contributed by atoms with Crippen molar-refractivity contribution in [2.75, 3.05) is 7.05 Å². The van der Waals surface area contributed by atoms with Crippen molar-refractivity contribution < 1.29 is 4.79 Å². The van der Waals surface area contributed by atoms with Gasteiger partial charge in [-0.3, -0.25) is 4.79 Å². The molecule has 2 aromatic rings. The molecule has 0 saturated heterocycles. The highest BCUT2D eigenvalue weighted by Gasteiger charge is 2.24. The van der Waals surface area contributed by atoms with Crippen molar-refractivity contribution in [3.05, 3.63) is 57.2 Å². The molecule has 1 aromatic heterocycles. The molecule has 0 saturated carbocycles. The number of likely N-dealkylation sites (N-methyl/N-ethyl adjacent to an activating group) is 1. The minimum atomic E-state index is -0.602. The summed E-state index contributed by atoms with van der Waals surface area (Å²) in [4.78, 5) is 15.0. The van der Waals surface area contributed by atoms with E-state index in [1.165, 1.54) is 11.3 Å². The van der Waals surface area contributed by atoms with Crippen LogP contribution in [0.4, 0.5) is 0 Å². The van der Waals surface area contributed by atoms with Gasteiger partial charge in [-0.1, -0.05) is 29.8 Å². The van der Waals surface area contributed by atoms with Crippen molar-refractivity contribution in [3.8, 4) is 0 Å². The van der Waals surface area contributed by atoms with Gasteiger partial charge in [-0.25, -0.2) is 0 Å². The third kappa shape index (κ3) is 3.20. The van der Waals surface area contributed by atoms with Crippen LogP contribution in [0.2, 0.25) is 5.02 Å². The van der Waals surface area contributed by atoms with Gasteiger partial charge in [-0.05, 0) is 36.1 Å². The van der Waals surface area contributed by atoms with Crippen LogP contribution in [0.1, 0.15) is 29.4 Å². The third-order valence-corrected chi connectivity index (χ3v) is 4.60. The number of nitrogens with two attached hydrogens (primary N) is 1. The van der Waals surface area contributed by atoms with Crippen LogP contribution in [0, 0.1) is 0 Å². The number of carbonyl (C=O) groups excluding carboxylic acids is 1. The number of amides is 1. The highest BCUT2D eigenvalue weighted by atomic mass is 35.5. The molecule has 1 aromatic carbocycles. The molecule has 1 amide bonds. The van der Waals surface area contributed by atoms with Gasteiger partial charge in [0, 0.05) is 16.9 Å². The normalized spacial score (nSPS) is 13.8. The summed E-state index contributed by atoms with van der Waals surface area (Å²) in [5.41, 5.74) is 7.05. The molecule has 1 heterocycles. The van der Waals surface area contributed by atoms with Gasteiger partial charge in [0.05, 0.1) is 6.04 Å². The number of carbonyl (C=O) groups is 1. The molecule has 2 rings (SSSR count). The zero-order valence-electron chi connectivity index (χ0n) is 11.4. The molecule has 0 aliphatic carbocycles. The van der Waals surface area contributed by atoms with Crippen LogP contribution in [0.5, 0.6) is 0 Å². The molecule has 3 nitrogen and oxygen atoms in total. The molecule has 0 bridgehead atoms. The van der Waals surface area contributed by atoms with Crippen molar-refractivity contribution in [2.24, 2.45) is 5.73 Å². The van der Waals surface area contributed by atoms with Crippen LogP contribution < -0.4 is 5.73 Å². The minimum Gasteiger partial charge on any atom is -0.337 e. The van der Waals surface area contributed by atoms with Gasteiger partial charge in [-0.15, -0.1) is 11.3 Å². The molecular weight excluding hydrogens is 292 g/mol. The van der Waals surface area contributed by atoms with Crippen LogP contribution in [-0.2, 0) is 4.79 Å². The maximum Gasteiger partial charge on any atom is 0.245 e. The van der Waals surface area contributed by atoms with Crippen LogP contribution in [0.15, 0.2) is 41.8 Å². The molecule has 5 heteroatoms. The molecule has 106 valence electrons. The molecule has 0 fully saturated rings. The van der Waals surface area contributed by atoms with Crippen molar-refractivity contribution in [2.45, 2.75) is 19.0 Å². The fraction of sp³-hybridized carbons (Fsp3) is 0.267. The Hall–Kier alpha value is -1.36. The quantitative estimate of drug-likeness (QED) is 0.937. The predicted molar refractivity (Wildman–Crippen MR) is 83.9 cm³/mol. The van der Waals surface area contributed by atoms with Crippen LogP contribution in [0.25, 0.3) is 0 Å². The van der Waals surface area contributed by atoms with Gasteiger partial charge in [-0.2, -0.15) is 0 Å². The average Bonchev–Trinajstić information content (AvgIpc) is 2.99. The fourth-order valence-electron chi connectivity index (χ4n) is 1.97. The molecule has 20 heavy (non-hydrogen) atoms. The monoisotopic (exact) mass is 308 g/mol. The van der Waals surface area contributed by atoms with E-state index in [1.54, 1.807) is 11.9 Å². The topological polar surface area (TPSA) is 46.3 Å². The molecule has 0 spiro atoms. The summed E-state index contributed by atoms with van der Waals surface area (Å²) in [5.74, 6) is -0.0881. The number of halogens is 1. The Labute approximate surface area is 128 Å². The number of nitrogens with zero attached hydrogens (tertiary/aromatic N) is 1. The molecular formula is C15H17ClN2OS. The van der Waals surface area contributed by atoms with Crippen LogP contribution in [0.3, 0.4) is 0 Å². The fourth-order valence-corrected chi connectivity index (χ4v) is 2.81. The summed E-state index contributed by atoms with van der Waals surface area (Å²) in [7, 11) is 1.77. The first-order valence-corrected chi connectivity index (χ1v) is 7.57. The SMILES string of the molecule is CC(c1ccc(Cl)cc1)N(C)C(=O)C(N)c1cccs1. The molecule has 2 atom stereocenters. The lowest BCUT2D eigenvalue weighted by Gasteiger charge is -2.27. The Morgan fingerprint density at radius 3 is 2.50 bits per heavy atom. The molecule has 0 radical (unpaired) electrons. The van der Waals surface area contributed by atoms with Crippen LogP contribution in [-0.4, -0.2) is 17.9 Å². The van der Waals surface area contributed by atoms with Gasteiger partial charge >= 0.3 is 0 Å². The second kappa shape index (κ2) is 6.39. The van der Waals surface area contributed by atoms with E-state index in [1.807, 2.05) is 48.7 Å². The third-order valence-electron chi connectivity index (χ3n) is 3.40. The summed E-state index contributed by atoms with van der Waals surface area (Å²) in [6.45, 7) is 1.97. The number of hydrogen-bond acceptors (Lipinski definition) is 3. The maximum absolute atomic E-state index is 12.4. The summed E-state index contributed by atoms with van der Waals surface area (Å²) < 4.78 is 0. The number of thiophene rings is 1. The summed E-state index contributed by atoms with van der Waals surface area (Å²) in [5, 5.41) is 2.61. The predicted octanol–water partition coefficient (Wildman–Crippen LogP) is 3.62. The Kier molecular flexibility index (Phi) is 4.81. The zero-order valence-corrected chi connectivity index (χ0v) is 13.0. The van der Waals surface area contributed by atoms with E-state index in [4.69, 9.17) is 17.3 Å². The van der Waals surface area contributed by atoms with Gasteiger partial charge in [0.25, 0.3) is 0 Å². The van der Waals surface area contributed by atoms with Gasteiger partial charge < -0.3 is 10.6 Å². The highest BCUT2D eigenvalue weighted by Crippen LogP contribution is 2.25. The first kappa shape index (κ1) is 15.0. The Bertz CT molecular complexity index is 568. The van der Waals surface area contributed by atoms with Crippen molar-refractivity contribution in [1.29, 1.82) is 0 Å². The Balaban J connectivity index is 2.12. The second-order valence-electron chi connectivity index (χ2n) is 4.67. The zero-order chi connectivity index (χ0) is 14.7. The summed E-state index contributed by atoms with van der Waals surface area (Å²) >= 11 is 7.37. The standard InChI is InChI=1S/C15H17ClN2OS/c1-10(11-5-7-12(16)8-6-11)18(2)15(19)14(17)13-4-3-9-20-13/h3-10,14H,17H2,1-2H3. The second-order valence-corrected chi connectivity index (χ2v) is 6.09. The number of benzene rings is 1. The van der Waals surface area contributed by atoms with E-state index in [0.29, 0.717) is 5.02 Å². The first-order chi connectivity index (χ1) is 9.50.